The van der Waals surface area contributed by atoms with Crippen LogP contribution in [0.4, 0.5) is 5.69 Å². The van der Waals surface area contributed by atoms with E-state index in [0.717, 1.165) is 0 Å². The molecule has 2 aromatic carbocycles. The van der Waals surface area contributed by atoms with Crippen molar-refractivity contribution in [2.75, 3.05) is 19.5 Å². The molecule has 28 heavy (non-hydrogen) atoms. The van der Waals surface area contributed by atoms with E-state index in [2.05, 4.69) is 15.3 Å². The van der Waals surface area contributed by atoms with Gasteiger partial charge in [-0.1, -0.05) is 11.6 Å². The van der Waals surface area contributed by atoms with Crippen molar-refractivity contribution in [2.45, 2.75) is 6.04 Å². The number of amides is 1. The molecule has 3 aromatic rings. The molecule has 146 valence electrons. The number of methoxy groups -OCH3 is 2. The average molecular weight is 405 g/mol. The number of ether oxygens (including phenoxy) is 2. The third-order valence-corrected chi connectivity index (χ3v) is 4.38. The number of nitrogens with two attached hydrogens (primary N) is 1. The van der Waals surface area contributed by atoms with Crippen LogP contribution in [0, 0.1) is 0 Å². The van der Waals surface area contributed by atoms with Gasteiger partial charge in [0.25, 0.3) is 0 Å². The standard InChI is InChI=1S/C18H17ClN4O5/c1-27-13-7-10(19)14(28-2)6-9(13)16(24)15(20)17(25)21-8-3-4-11-12(5-8)23-18(26)22-11/h3-7,15H,20H2,1-2H3,(H,21,25)(H2,22,23,26). The van der Waals surface area contributed by atoms with Crippen LogP contribution in [0.3, 0.4) is 0 Å². The summed E-state index contributed by atoms with van der Waals surface area (Å²) in [5.74, 6) is -0.968. The number of ketones is 1. The van der Waals surface area contributed by atoms with Crippen molar-refractivity contribution >= 4 is 40.0 Å². The van der Waals surface area contributed by atoms with Gasteiger partial charge in [0.15, 0.2) is 5.78 Å². The zero-order valence-corrected chi connectivity index (χ0v) is 15.7. The minimum Gasteiger partial charge on any atom is -0.496 e. The van der Waals surface area contributed by atoms with Crippen LogP contribution in [-0.2, 0) is 4.79 Å². The molecule has 3 rings (SSSR count). The molecule has 0 aliphatic rings. The minimum atomic E-state index is -1.50. The van der Waals surface area contributed by atoms with Crippen LogP contribution in [0.5, 0.6) is 11.5 Å². The van der Waals surface area contributed by atoms with E-state index in [1.807, 2.05) is 0 Å². The zero-order chi connectivity index (χ0) is 20.4. The fourth-order valence-corrected chi connectivity index (χ4v) is 2.90. The summed E-state index contributed by atoms with van der Waals surface area (Å²) in [7, 11) is 2.77. The van der Waals surface area contributed by atoms with E-state index in [4.69, 9.17) is 26.8 Å². The van der Waals surface area contributed by atoms with Crippen molar-refractivity contribution in [1.29, 1.82) is 0 Å². The Labute approximate surface area is 163 Å². The quantitative estimate of drug-likeness (QED) is 0.364. The van der Waals surface area contributed by atoms with Gasteiger partial charge in [-0.25, -0.2) is 4.79 Å². The number of nitrogens with one attached hydrogen (secondary N) is 3. The van der Waals surface area contributed by atoms with Gasteiger partial charge in [-0.05, 0) is 24.3 Å². The van der Waals surface area contributed by atoms with Gasteiger partial charge in [0.2, 0.25) is 5.91 Å². The number of rotatable bonds is 6. The third kappa shape index (κ3) is 3.71. The molecule has 9 nitrogen and oxygen atoms in total. The molecule has 0 aliphatic carbocycles. The number of hydrogen-bond acceptors (Lipinski definition) is 6. The maximum absolute atomic E-state index is 12.7. The van der Waals surface area contributed by atoms with Crippen molar-refractivity contribution in [1.82, 2.24) is 9.97 Å². The van der Waals surface area contributed by atoms with E-state index in [-0.39, 0.29) is 27.8 Å². The van der Waals surface area contributed by atoms with Crippen LogP contribution in [0.15, 0.2) is 35.1 Å². The minimum absolute atomic E-state index is 0.0665. The number of imidazole rings is 1. The molecule has 1 atom stereocenters. The number of anilines is 1. The SMILES string of the molecule is COc1cc(C(=O)C(N)C(=O)Nc2ccc3[nH]c(=O)[nH]c3c2)c(OC)cc1Cl. The molecule has 0 saturated heterocycles. The molecule has 0 radical (unpaired) electrons. The molecule has 10 heteroatoms. The Balaban J connectivity index is 1.83. The van der Waals surface area contributed by atoms with Crippen molar-refractivity contribution in [2.24, 2.45) is 5.73 Å². The number of carbonyl (C=O) groups excluding carboxylic acids is 2. The molecule has 1 aromatic heterocycles. The number of aromatic amines is 2. The lowest BCUT2D eigenvalue weighted by Gasteiger charge is -2.15. The van der Waals surface area contributed by atoms with Gasteiger partial charge in [0, 0.05) is 11.8 Å². The predicted molar refractivity (Wildman–Crippen MR) is 104 cm³/mol. The fraction of sp³-hybridized carbons (Fsp3) is 0.167. The van der Waals surface area contributed by atoms with Gasteiger partial charge >= 0.3 is 5.69 Å². The predicted octanol–water partition coefficient (Wildman–Crippen LogP) is 1.68. The largest absolute Gasteiger partial charge is 0.496 e. The highest BCUT2D eigenvalue weighted by Gasteiger charge is 2.27. The number of benzene rings is 2. The Bertz CT molecular complexity index is 1120. The Morgan fingerprint density at radius 2 is 1.75 bits per heavy atom. The molecule has 0 aliphatic heterocycles. The van der Waals surface area contributed by atoms with Crippen LogP contribution in [0.2, 0.25) is 5.02 Å². The average Bonchev–Trinajstić information content (AvgIpc) is 3.05. The second-order valence-electron chi connectivity index (χ2n) is 5.86. The van der Waals surface area contributed by atoms with Crippen molar-refractivity contribution in [3.8, 4) is 11.5 Å². The van der Waals surface area contributed by atoms with E-state index in [1.54, 1.807) is 18.2 Å². The van der Waals surface area contributed by atoms with Crippen LogP contribution in [0.25, 0.3) is 11.0 Å². The fourth-order valence-electron chi connectivity index (χ4n) is 2.67. The number of fused-ring (bicyclic) bond motifs is 1. The van der Waals surface area contributed by atoms with E-state index >= 15 is 0 Å². The van der Waals surface area contributed by atoms with Crippen molar-refractivity contribution < 1.29 is 19.1 Å². The Morgan fingerprint density at radius 1 is 1.07 bits per heavy atom. The molecular weight excluding hydrogens is 388 g/mol. The maximum Gasteiger partial charge on any atom is 0.323 e. The Morgan fingerprint density at radius 3 is 2.43 bits per heavy atom. The molecule has 1 amide bonds. The van der Waals surface area contributed by atoms with E-state index in [0.29, 0.717) is 16.7 Å². The number of Topliss-reactive ketones (excluding diaryl/α,β-unsaturated/α-hetero) is 1. The molecule has 0 saturated carbocycles. The van der Waals surface area contributed by atoms with Crippen LogP contribution >= 0.6 is 11.6 Å². The van der Waals surface area contributed by atoms with Crippen molar-refractivity contribution in [3.05, 3.63) is 51.4 Å². The molecule has 5 N–H and O–H groups in total. The van der Waals surface area contributed by atoms with Crippen molar-refractivity contribution in [3.63, 3.8) is 0 Å². The van der Waals surface area contributed by atoms with E-state index in [9.17, 15) is 14.4 Å². The first kappa shape index (κ1) is 19.5. The highest BCUT2D eigenvalue weighted by Crippen LogP contribution is 2.33. The molecule has 1 unspecified atom stereocenters. The summed E-state index contributed by atoms with van der Waals surface area (Å²) in [6.07, 6.45) is 0. The number of halogens is 1. The summed E-state index contributed by atoms with van der Waals surface area (Å²) in [4.78, 5) is 41.7. The lowest BCUT2D eigenvalue weighted by molar-refractivity contribution is -0.116. The molecule has 0 bridgehead atoms. The highest BCUT2D eigenvalue weighted by atomic mass is 35.5. The first-order chi connectivity index (χ1) is 13.3. The number of carbonyl (C=O) groups is 2. The van der Waals surface area contributed by atoms with Crippen LogP contribution < -0.4 is 26.2 Å². The van der Waals surface area contributed by atoms with Gasteiger partial charge in [-0.15, -0.1) is 0 Å². The zero-order valence-electron chi connectivity index (χ0n) is 15.0. The Kier molecular flexibility index (Phi) is 5.39. The lowest BCUT2D eigenvalue weighted by Crippen LogP contribution is -2.42. The number of aromatic nitrogens is 2. The van der Waals surface area contributed by atoms with Gasteiger partial charge in [-0.2, -0.15) is 0 Å². The van der Waals surface area contributed by atoms with E-state index in [1.165, 1.54) is 26.4 Å². The summed E-state index contributed by atoms with van der Waals surface area (Å²) in [5.41, 5.74) is 7.02. The first-order valence-electron chi connectivity index (χ1n) is 8.08. The summed E-state index contributed by atoms with van der Waals surface area (Å²) in [6.45, 7) is 0. The van der Waals surface area contributed by atoms with Gasteiger partial charge in [-0.3, -0.25) is 9.59 Å². The Hall–Kier alpha value is -3.30. The normalized spacial score (nSPS) is 11.9. The molecule has 0 spiro atoms. The third-order valence-electron chi connectivity index (χ3n) is 4.09. The second-order valence-corrected chi connectivity index (χ2v) is 6.26. The molecule has 1 heterocycles. The second kappa shape index (κ2) is 7.75. The number of hydrogen-bond donors (Lipinski definition) is 4. The summed E-state index contributed by atoms with van der Waals surface area (Å²) < 4.78 is 10.3. The molecule has 0 fully saturated rings. The number of H-pyrrole nitrogens is 2. The highest BCUT2D eigenvalue weighted by molar-refractivity contribution is 6.32. The van der Waals surface area contributed by atoms with E-state index < -0.39 is 17.7 Å². The first-order valence-corrected chi connectivity index (χ1v) is 8.46. The summed E-state index contributed by atoms with van der Waals surface area (Å²) >= 11 is 6.03. The maximum atomic E-state index is 12.7. The molecular formula is C18H17ClN4O5. The van der Waals surface area contributed by atoms with Gasteiger partial charge < -0.3 is 30.5 Å². The van der Waals surface area contributed by atoms with Gasteiger partial charge in [0.1, 0.15) is 17.5 Å². The van der Waals surface area contributed by atoms with Gasteiger partial charge in [0.05, 0.1) is 35.8 Å². The summed E-state index contributed by atoms with van der Waals surface area (Å²) in [5, 5.41) is 2.80. The summed E-state index contributed by atoms with van der Waals surface area (Å²) in [6, 6.07) is 6.02. The van der Waals surface area contributed by atoms with Crippen LogP contribution in [-0.4, -0.2) is 41.9 Å². The lowest BCUT2D eigenvalue weighted by atomic mass is 10.0. The monoisotopic (exact) mass is 404 g/mol. The smallest absolute Gasteiger partial charge is 0.323 e. The van der Waals surface area contributed by atoms with Crippen LogP contribution in [0.1, 0.15) is 10.4 Å². The topological polar surface area (TPSA) is 139 Å².